The maximum absolute atomic E-state index is 13.3. The number of hydrogen-bond donors (Lipinski definition) is 2. The minimum atomic E-state index is -3.39. The van der Waals surface area contributed by atoms with Crippen molar-refractivity contribution in [2.24, 2.45) is 0 Å². The molecular weight excluding hydrogens is 443 g/mol. The average molecular weight is 471 g/mol. The van der Waals surface area contributed by atoms with Gasteiger partial charge in [0.2, 0.25) is 10.0 Å². The fraction of sp³-hybridized carbons (Fsp3) is 0.333. The van der Waals surface area contributed by atoms with Crippen LogP contribution in [0.2, 0.25) is 0 Å². The molecule has 7 nitrogen and oxygen atoms in total. The first-order valence-electron chi connectivity index (χ1n) is 10.9. The Morgan fingerprint density at radius 2 is 1.73 bits per heavy atom. The van der Waals surface area contributed by atoms with Gasteiger partial charge in [-0.05, 0) is 68.5 Å². The molecule has 0 atom stereocenters. The van der Waals surface area contributed by atoms with Gasteiger partial charge in [-0.3, -0.25) is 4.79 Å². The summed E-state index contributed by atoms with van der Waals surface area (Å²) in [4.78, 5) is 12.9. The van der Waals surface area contributed by atoms with Gasteiger partial charge in [-0.2, -0.15) is 5.10 Å². The van der Waals surface area contributed by atoms with Gasteiger partial charge in [0.25, 0.3) is 5.91 Å². The number of hydrogen-bond acceptors (Lipinski definition) is 4. The van der Waals surface area contributed by atoms with Gasteiger partial charge in [-0.1, -0.05) is 24.3 Å². The molecule has 0 saturated heterocycles. The third-order valence-electron chi connectivity index (χ3n) is 5.46. The molecular formula is C24H27FN4O3S. The standard InChI is InChI=1S/C24H27FN4O3S/c1-16(2)28-33(31,32)15-18-8-6-17(7-9-18)14-26-24(30)23-21-4-3-5-22(21)29(27-23)20-12-10-19(25)11-13-20/h6-13,16,28H,3-5,14-15H2,1-2H3,(H,26,30). The van der Waals surface area contributed by atoms with Crippen molar-refractivity contribution in [3.63, 3.8) is 0 Å². The number of carbonyl (C=O) groups excluding carboxylic acids is 1. The Hall–Kier alpha value is -3.04. The van der Waals surface area contributed by atoms with Crippen LogP contribution in [-0.4, -0.2) is 30.1 Å². The number of nitrogens with zero attached hydrogens (tertiary/aromatic N) is 2. The summed E-state index contributed by atoms with van der Waals surface area (Å²) in [5.74, 6) is -0.674. The molecule has 3 aromatic rings. The number of fused-ring (bicyclic) bond motifs is 1. The second-order valence-corrected chi connectivity index (χ2v) is 10.3. The van der Waals surface area contributed by atoms with Crippen LogP contribution in [-0.2, 0) is 35.2 Å². The van der Waals surface area contributed by atoms with E-state index in [9.17, 15) is 17.6 Å². The molecule has 0 spiro atoms. The number of halogens is 1. The van der Waals surface area contributed by atoms with Gasteiger partial charge in [0, 0.05) is 23.8 Å². The molecule has 9 heteroatoms. The second-order valence-electron chi connectivity index (χ2n) is 8.55. The van der Waals surface area contributed by atoms with Crippen LogP contribution in [0.5, 0.6) is 0 Å². The molecule has 0 bridgehead atoms. The molecule has 174 valence electrons. The summed E-state index contributed by atoms with van der Waals surface area (Å²) >= 11 is 0. The Labute approximate surface area is 193 Å². The summed E-state index contributed by atoms with van der Waals surface area (Å²) in [5.41, 5.74) is 4.59. The van der Waals surface area contributed by atoms with Gasteiger partial charge in [-0.15, -0.1) is 0 Å². The molecule has 2 N–H and O–H groups in total. The first-order chi connectivity index (χ1) is 15.7. The largest absolute Gasteiger partial charge is 0.347 e. The molecule has 1 aliphatic rings. The summed E-state index contributed by atoms with van der Waals surface area (Å²) in [5, 5.41) is 7.44. The van der Waals surface area contributed by atoms with Crippen molar-refractivity contribution in [3.8, 4) is 5.69 Å². The van der Waals surface area contributed by atoms with Crippen LogP contribution in [0.1, 0.15) is 53.1 Å². The van der Waals surface area contributed by atoms with E-state index in [-0.39, 0.29) is 23.5 Å². The summed E-state index contributed by atoms with van der Waals surface area (Å²) in [6.07, 6.45) is 2.56. The minimum absolute atomic E-state index is 0.0925. The third kappa shape index (κ3) is 5.48. The van der Waals surface area contributed by atoms with Gasteiger partial charge in [-0.25, -0.2) is 22.2 Å². The predicted octanol–water partition coefficient (Wildman–Crippen LogP) is 3.26. The Morgan fingerprint density at radius 3 is 2.39 bits per heavy atom. The number of amides is 1. The fourth-order valence-corrected chi connectivity index (χ4v) is 5.49. The lowest BCUT2D eigenvalue weighted by Gasteiger charge is -2.10. The van der Waals surface area contributed by atoms with E-state index in [1.807, 2.05) is 12.1 Å². The fourth-order valence-electron chi connectivity index (χ4n) is 4.06. The van der Waals surface area contributed by atoms with Crippen molar-refractivity contribution in [1.82, 2.24) is 19.8 Å². The normalized spacial score (nSPS) is 13.3. The number of carbonyl (C=O) groups is 1. The SMILES string of the molecule is CC(C)NS(=O)(=O)Cc1ccc(CNC(=O)c2nn(-c3ccc(F)cc3)c3c2CCC3)cc1. The Kier molecular flexibility index (Phi) is 6.62. The van der Waals surface area contributed by atoms with E-state index in [1.165, 1.54) is 12.1 Å². The van der Waals surface area contributed by atoms with Crippen molar-refractivity contribution in [3.05, 3.63) is 82.4 Å². The Bertz CT molecular complexity index is 1250. The van der Waals surface area contributed by atoms with Gasteiger partial charge in [0.15, 0.2) is 5.69 Å². The number of nitrogens with one attached hydrogen (secondary N) is 2. The molecule has 1 amide bonds. The maximum Gasteiger partial charge on any atom is 0.272 e. The summed E-state index contributed by atoms with van der Waals surface area (Å²) in [6, 6.07) is 13.0. The third-order valence-corrected chi connectivity index (χ3v) is 7.01. The Morgan fingerprint density at radius 1 is 1.06 bits per heavy atom. The predicted molar refractivity (Wildman–Crippen MR) is 124 cm³/mol. The van der Waals surface area contributed by atoms with Gasteiger partial charge >= 0.3 is 0 Å². The first-order valence-corrected chi connectivity index (χ1v) is 12.6. The summed E-state index contributed by atoms with van der Waals surface area (Å²) in [7, 11) is -3.39. The van der Waals surface area contributed by atoms with Gasteiger partial charge < -0.3 is 5.32 Å². The quantitative estimate of drug-likeness (QED) is 0.529. The molecule has 1 heterocycles. The molecule has 0 saturated carbocycles. The molecule has 4 rings (SSSR count). The highest BCUT2D eigenvalue weighted by Gasteiger charge is 2.26. The van der Waals surface area contributed by atoms with Crippen molar-refractivity contribution in [1.29, 1.82) is 0 Å². The smallest absolute Gasteiger partial charge is 0.272 e. The minimum Gasteiger partial charge on any atom is -0.347 e. The highest BCUT2D eigenvalue weighted by molar-refractivity contribution is 7.88. The monoisotopic (exact) mass is 470 g/mol. The Balaban J connectivity index is 1.43. The van der Waals surface area contributed by atoms with Crippen LogP contribution in [0.25, 0.3) is 5.69 Å². The van der Waals surface area contributed by atoms with Crippen molar-refractivity contribution < 1.29 is 17.6 Å². The van der Waals surface area contributed by atoms with Gasteiger partial charge in [0.1, 0.15) is 5.82 Å². The van der Waals surface area contributed by atoms with E-state index in [4.69, 9.17) is 0 Å². The zero-order valence-corrected chi connectivity index (χ0v) is 19.5. The first kappa shape index (κ1) is 23.1. The topological polar surface area (TPSA) is 93.1 Å². The maximum atomic E-state index is 13.3. The lowest BCUT2D eigenvalue weighted by molar-refractivity contribution is 0.0944. The van der Waals surface area contributed by atoms with Gasteiger partial charge in [0.05, 0.1) is 11.4 Å². The molecule has 33 heavy (non-hydrogen) atoms. The lowest BCUT2D eigenvalue weighted by atomic mass is 10.1. The zero-order chi connectivity index (χ0) is 23.6. The van der Waals surface area contributed by atoms with Crippen molar-refractivity contribution >= 4 is 15.9 Å². The van der Waals surface area contributed by atoms with Crippen molar-refractivity contribution in [2.45, 2.75) is 51.4 Å². The number of sulfonamides is 1. The van der Waals surface area contributed by atoms with Crippen LogP contribution >= 0.6 is 0 Å². The summed E-state index contributed by atoms with van der Waals surface area (Å²) in [6.45, 7) is 3.86. The second kappa shape index (κ2) is 9.44. The molecule has 2 aromatic carbocycles. The van der Waals surface area contributed by atoms with Crippen LogP contribution in [0, 0.1) is 5.82 Å². The molecule has 0 unspecified atom stereocenters. The van der Waals surface area contributed by atoms with E-state index in [0.717, 1.165) is 41.8 Å². The van der Waals surface area contributed by atoms with E-state index < -0.39 is 10.0 Å². The van der Waals surface area contributed by atoms with Crippen LogP contribution in [0.3, 0.4) is 0 Å². The molecule has 0 aliphatic heterocycles. The number of rotatable bonds is 8. The molecule has 1 aliphatic carbocycles. The van der Waals surface area contributed by atoms with E-state index in [0.29, 0.717) is 17.8 Å². The van der Waals surface area contributed by atoms with E-state index in [1.54, 1.807) is 42.8 Å². The van der Waals surface area contributed by atoms with Crippen LogP contribution in [0.4, 0.5) is 4.39 Å². The lowest BCUT2D eigenvalue weighted by Crippen LogP contribution is -2.31. The van der Waals surface area contributed by atoms with Crippen molar-refractivity contribution in [2.75, 3.05) is 0 Å². The molecule has 0 fully saturated rings. The zero-order valence-electron chi connectivity index (χ0n) is 18.6. The molecule has 0 radical (unpaired) electrons. The number of aromatic nitrogens is 2. The summed E-state index contributed by atoms with van der Waals surface area (Å²) < 4.78 is 41.8. The van der Waals surface area contributed by atoms with Crippen LogP contribution in [0.15, 0.2) is 48.5 Å². The highest BCUT2D eigenvalue weighted by atomic mass is 32.2. The average Bonchev–Trinajstić information content (AvgIpc) is 3.35. The highest BCUT2D eigenvalue weighted by Crippen LogP contribution is 2.28. The molecule has 1 aromatic heterocycles. The number of benzene rings is 2. The van der Waals surface area contributed by atoms with E-state index >= 15 is 0 Å². The van der Waals surface area contributed by atoms with Crippen LogP contribution < -0.4 is 10.0 Å². The van der Waals surface area contributed by atoms with E-state index in [2.05, 4.69) is 15.1 Å².